The van der Waals surface area contributed by atoms with Gasteiger partial charge in [-0.15, -0.1) is 0 Å². The van der Waals surface area contributed by atoms with Crippen LogP contribution in [-0.2, 0) is 9.53 Å². The third kappa shape index (κ3) is 5.74. The van der Waals surface area contributed by atoms with Crippen LogP contribution in [0.15, 0.2) is 59.5 Å². The first-order valence-corrected chi connectivity index (χ1v) is 11.9. The average molecular weight is 545 g/mol. The van der Waals surface area contributed by atoms with E-state index in [1.807, 2.05) is 0 Å². The van der Waals surface area contributed by atoms with E-state index in [0.29, 0.717) is 16.5 Å². The molecule has 10 nitrogen and oxygen atoms in total. The highest BCUT2D eigenvalue weighted by molar-refractivity contribution is 6.30. The van der Waals surface area contributed by atoms with E-state index >= 15 is 4.39 Å². The van der Waals surface area contributed by atoms with Crippen LogP contribution in [0.3, 0.4) is 0 Å². The summed E-state index contributed by atoms with van der Waals surface area (Å²) in [6, 6.07) is 10.5. The van der Waals surface area contributed by atoms with Crippen LogP contribution in [0.4, 0.5) is 20.6 Å². The number of pyridine rings is 1. The lowest BCUT2D eigenvalue weighted by atomic mass is 10.1. The van der Waals surface area contributed by atoms with Crippen LogP contribution < -0.4 is 25.7 Å². The van der Waals surface area contributed by atoms with Crippen molar-refractivity contribution in [2.75, 3.05) is 38.5 Å². The van der Waals surface area contributed by atoms with Crippen molar-refractivity contribution < 1.29 is 28.2 Å². The standard InChI is InChI=1S/C26H26ClFN4O6/c1-36-18-11-22(32(14-18)26(35)29-16-6-4-15(27)5-7-16)24(33)30-21-9-8-17(10-20(21)28)31-13-19(37-2)12-23(38-3)25(31)34/h4-10,12-13,18,22H,11,14H2,1-3H3,(H,29,35)(H,30,33)/t18-,22-/m1/s1. The molecule has 0 spiro atoms. The van der Waals surface area contributed by atoms with Gasteiger partial charge in [0.1, 0.15) is 17.6 Å². The number of carbonyl (C=O) groups excluding carboxylic acids is 2. The zero-order valence-corrected chi connectivity index (χ0v) is 21.6. The molecular formula is C26H26ClFN4O6. The minimum absolute atomic E-state index is 0.0213. The van der Waals surface area contributed by atoms with E-state index in [2.05, 4.69) is 10.6 Å². The lowest BCUT2D eigenvalue weighted by molar-refractivity contribution is -0.119. The molecule has 38 heavy (non-hydrogen) atoms. The van der Waals surface area contributed by atoms with Crippen LogP contribution in [0.1, 0.15) is 6.42 Å². The molecule has 0 radical (unpaired) electrons. The van der Waals surface area contributed by atoms with Crippen molar-refractivity contribution in [2.45, 2.75) is 18.6 Å². The van der Waals surface area contributed by atoms with Crippen LogP contribution in [0.5, 0.6) is 11.5 Å². The van der Waals surface area contributed by atoms with Gasteiger partial charge >= 0.3 is 6.03 Å². The van der Waals surface area contributed by atoms with Gasteiger partial charge in [0.2, 0.25) is 5.91 Å². The number of methoxy groups -OCH3 is 3. The summed E-state index contributed by atoms with van der Waals surface area (Å²) >= 11 is 5.90. The summed E-state index contributed by atoms with van der Waals surface area (Å²) in [6.45, 7) is 0.177. The van der Waals surface area contributed by atoms with E-state index in [0.717, 1.165) is 6.07 Å². The average Bonchev–Trinajstić information content (AvgIpc) is 3.36. The molecule has 1 aromatic heterocycles. The normalized spacial score (nSPS) is 16.7. The summed E-state index contributed by atoms with van der Waals surface area (Å²) in [4.78, 5) is 40.1. The molecule has 0 bridgehead atoms. The van der Waals surface area contributed by atoms with Gasteiger partial charge in [0.25, 0.3) is 5.56 Å². The first kappa shape index (κ1) is 27.0. The zero-order chi connectivity index (χ0) is 27.4. The minimum atomic E-state index is -0.906. The first-order chi connectivity index (χ1) is 18.2. The zero-order valence-electron chi connectivity index (χ0n) is 20.9. The molecule has 1 aliphatic heterocycles. The molecular weight excluding hydrogens is 519 g/mol. The number of ether oxygens (including phenoxy) is 3. The van der Waals surface area contributed by atoms with Crippen molar-refractivity contribution in [2.24, 2.45) is 0 Å². The number of amides is 3. The third-order valence-electron chi connectivity index (χ3n) is 6.16. The number of hydrogen-bond donors (Lipinski definition) is 2. The van der Waals surface area contributed by atoms with Crippen LogP contribution >= 0.6 is 11.6 Å². The maximum Gasteiger partial charge on any atom is 0.322 e. The van der Waals surface area contributed by atoms with Crippen molar-refractivity contribution in [3.8, 4) is 17.2 Å². The van der Waals surface area contributed by atoms with Gasteiger partial charge in [0.15, 0.2) is 5.75 Å². The number of halogens is 2. The summed E-state index contributed by atoms with van der Waals surface area (Å²) in [7, 11) is 4.27. The monoisotopic (exact) mass is 544 g/mol. The topological polar surface area (TPSA) is 111 Å². The third-order valence-corrected chi connectivity index (χ3v) is 6.41. The molecule has 2 heterocycles. The van der Waals surface area contributed by atoms with Crippen LogP contribution in [-0.4, -0.2) is 61.4 Å². The van der Waals surface area contributed by atoms with Gasteiger partial charge in [-0.3, -0.25) is 14.2 Å². The summed E-state index contributed by atoms with van der Waals surface area (Å²) < 4.78 is 31.9. The number of aromatic nitrogens is 1. The highest BCUT2D eigenvalue weighted by Gasteiger charge is 2.40. The second-order valence-corrected chi connectivity index (χ2v) is 8.91. The van der Waals surface area contributed by atoms with Gasteiger partial charge in [0.05, 0.1) is 37.9 Å². The van der Waals surface area contributed by atoms with Gasteiger partial charge in [-0.05, 0) is 36.4 Å². The number of urea groups is 1. The molecule has 0 aliphatic carbocycles. The number of rotatable bonds is 7. The van der Waals surface area contributed by atoms with Crippen molar-refractivity contribution in [1.29, 1.82) is 0 Å². The predicted octanol–water partition coefficient (Wildman–Crippen LogP) is 3.91. The number of likely N-dealkylation sites (tertiary alicyclic amines) is 1. The largest absolute Gasteiger partial charge is 0.495 e. The Labute approximate surface area is 222 Å². The number of anilines is 2. The molecule has 200 valence electrons. The van der Waals surface area contributed by atoms with Gasteiger partial charge in [0, 0.05) is 42.9 Å². The predicted molar refractivity (Wildman–Crippen MR) is 140 cm³/mol. The molecule has 2 atom stereocenters. The Kier molecular flexibility index (Phi) is 8.18. The van der Waals surface area contributed by atoms with E-state index in [-0.39, 0.29) is 36.2 Å². The lowest BCUT2D eigenvalue weighted by Crippen LogP contribution is -2.45. The van der Waals surface area contributed by atoms with E-state index < -0.39 is 29.4 Å². The minimum Gasteiger partial charge on any atom is -0.495 e. The summed E-state index contributed by atoms with van der Waals surface area (Å²) in [6.07, 6.45) is 1.26. The van der Waals surface area contributed by atoms with E-state index in [9.17, 15) is 14.4 Å². The Morgan fingerprint density at radius 2 is 1.76 bits per heavy atom. The van der Waals surface area contributed by atoms with Crippen LogP contribution in [0, 0.1) is 5.82 Å². The second-order valence-electron chi connectivity index (χ2n) is 8.48. The Morgan fingerprint density at radius 1 is 1.03 bits per heavy atom. The molecule has 2 aromatic carbocycles. The molecule has 1 saturated heterocycles. The maximum absolute atomic E-state index is 15.1. The van der Waals surface area contributed by atoms with Crippen molar-refractivity contribution in [1.82, 2.24) is 9.47 Å². The highest BCUT2D eigenvalue weighted by atomic mass is 35.5. The number of carbonyl (C=O) groups is 2. The van der Waals surface area contributed by atoms with Crippen molar-refractivity contribution >= 4 is 34.9 Å². The molecule has 3 amide bonds. The molecule has 2 N–H and O–H groups in total. The number of nitrogens with one attached hydrogen (secondary N) is 2. The van der Waals surface area contributed by atoms with Gasteiger partial charge in [-0.1, -0.05) is 11.6 Å². The Balaban J connectivity index is 1.53. The van der Waals surface area contributed by atoms with Crippen molar-refractivity contribution in [3.63, 3.8) is 0 Å². The van der Waals surface area contributed by atoms with E-state index in [1.165, 1.54) is 55.2 Å². The molecule has 1 fully saturated rings. The maximum atomic E-state index is 15.1. The molecule has 4 rings (SSSR count). The fraction of sp³-hybridized carbons (Fsp3) is 0.269. The van der Waals surface area contributed by atoms with Gasteiger partial charge in [-0.25, -0.2) is 9.18 Å². The van der Waals surface area contributed by atoms with Crippen LogP contribution in [0.2, 0.25) is 5.02 Å². The fourth-order valence-electron chi connectivity index (χ4n) is 4.12. The lowest BCUT2D eigenvalue weighted by Gasteiger charge is -2.24. The highest BCUT2D eigenvalue weighted by Crippen LogP contribution is 2.26. The summed E-state index contributed by atoms with van der Waals surface area (Å²) in [5, 5.41) is 5.80. The van der Waals surface area contributed by atoms with E-state index in [4.69, 9.17) is 25.8 Å². The quantitative estimate of drug-likeness (QED) is 0.466. The van der Waals surface area contributed by atoms with Gasteiger partial charge < -0.3 is 29.7 Å². The summed E-state index contributed by atoms with van der Waals surface area (Å²) in [5.74, 6) is -0.996. The Hall–Kier alpha value is -4.09. The fourth-order valence-corrected chi connectivity index (χ4v) is 4.25. The smallest absolute Gasteiger partial charge is 0.322 e. The SMILES string of the molecule is COc1cc(OC)c(=O)n(-c2ccc(NC(=O)[C@H]3C[C@@H](OC)CN3C(=O)Nc3ccc(Cl)cc3)c(F)c2)c1. The number of nitrogens with zero attached hydrogens (tertiary/aromatic N) is 2. The molecule has 12 heteroatoms. The van der Waals surface area contributed by atoms with Crippen molar-refractivity contribution in [3.05, 3.63) is 75.9 Å². The number of hydrogen-bond acceptors (Lipinski definition) is 6. The number of benzene rings is 2. The molecule has 0 unspecified atom stereocenters. The molecule has 3 aromatic rings. The Bertz CT molecular complexity index is 1400. The second kappa shape index (κ2) is 11.5. The molecule has 1 aliphatic rings. The van der Waals surface area contributed by atoms with Crippen LogP contribution in [0.25, 0.3) is 5.69 Å². The van der Waals surface area contributed by atoms with E-state index in [1.54, 1.807) is 24.3 Å². The summed E-state index contributed by atoms with van der Waals surface area (Å²) in [5.41, 5.74) is 0.0847. The molecule has 0 saturated carbocycles. The Morgan fingerprint density at radius 3 is 2.39 bits per heavy atom. The first-order valence-electron chi connectivity index (χ1n) is 11.6. The van der Waals surface area contributed by atoms with Gasteiger partial charge in [-0.2, -0.15) is 0 Å².